The van der Waals surface area contributed by atoms with Crippen molar-refractivity contribution in [3.8, 4) is 0 Å². The smallest absolute Gasteiger partial charge is 0.360 e. The third-order valence-corrected chi connectivity index (χ3v) is 2.11. The number of carbonyl (C=O) groups is 1. The zero-order valence-electron chi connectivity index (χ0n) is 7.17. The Balaban J connectivity index is 2.38. The minimum absolute atomic E-state index is 0.148. The molecule has 1 aromatic rings. The van der Waals surface area contributed by atoms with Gasteiger partial charge in [0.05, 0.1) is 16.9 Å². The Hall–Kier alpha value is -1.91. The van der Waals surface area contributed by atoms with E-state index in [0.29, 0.717) is 11.1 Å². The second-order valence-corrected chi connectivity index (χ2v) is 3.01. The summed E-state index contributed by atoms with van der Waals surface area (Å²) in [6, 6.07) is 6.75. The summed E-state index contributed by atoms with van der Waals surface area (Å²) in [5.74, 6) is -0.617. The van der Waals surface area contributed by atoms with Crippen molar-refractivity contribution in [1.82, 2.24) is 0 Å². The fourth-order valence-corrected chi connectivity index (χ4v) is 1.43. The number of nitro groups is 1. The summed E-state index contributed by atoms with van der Waals surface area (Å²) >= 11 is 0. The highest BCUT2D eigenvalue weighted by molar-refractivity contribution is 5.92. The first-order chi connectivity index (χ1) is 6.68. The molecule has 1 aromatic carbocycles. The van der Waals surface area contributed by atoms with Crippen LogP contribution in [0.25, 0.3) is 0 Å². The molecule has 14 heavy (non-hydrogen) atoms. The van der Waals surface area contributed by atoms with Crippen LogP contribution in [0.15, 0.2) is 24.3 Å². The number of fused-ring (bicyclic) bond motifs is 1. The Bertz CT molecular complexity index is 402. The Morgan fingerprint density at radius 2 is 2.14 bits per heavy atom. The Morgan fingerprint density at radius 3 is 2.86 bits per heavy atom. The van der Waals surface area contributed by atoms with Crippen molar-refractivity contribution in [1.29, 1.82) is 0 Å². The van der Waals surface area contributed by atoms with Crippen LogP contribution >= 0.6 is 0 Å². The molecule has 72 valence electrons. The average molecular weight is 193 g/mol. The molecule has 5 heteroatoms. The van der Waals surface area contributed by atoms with Crippen LogP contribution in [0, 0.1) is 10.1 Å². The molecule has 0 fully saturated rings. The van der Waals surface area contributed by atoms with Crippen molar-refractivity contribution in [2.24, 2.45) is 0 Å². The van der Waals surface area contributed by atoms with Crippen molar-refractivity contribution in [3.05, 3.63) is 45.5 Å². The van der Waals surface area contributed by atoms with Gasteiger partial charge in [0.2, 0.25) is 0 Å². The highest BCUT2D eigenvalue weighted by Crippen LogP contribution is 2.20. The molecule has 0 saturated heterocycles. The summed E-state index contributed by atoms with van der Waals surface area (Å²) in [5, 5.41) is 10.4. The SMILES string of the molecule is O=C1O[C@H]([N+](=O)[O-])Cc2ccccc21. The highest BCUT2D eigenvalue weighted by atomic mass is 16.7. The quantitative estimate of drug-likeness (QED) is 0.379. The van der Waals surface area contributed by atoms with Crippen LogP contribution in [-0.2, 0) is 11.2 Å². The van der Waals surface area contributed by atoms with Gasteiger partial charge in [-0.2, -0.15) is 0 Å². The van der Waals surface area contributed by atoms with Gasteiger partial charge in [-0.3, -0.25) is 10.1 Å². The molecule has 0 bridgehead atoms. The first kappa shape index (κ1) is 8.68. The first-order valence-corrected chi connectivity index (χ1v) is 4.11. The number of hydrogen-bond acceptors (Lipinski definition) is 4. The molecular formula is C9H7NO4. The zero-order valence-corrected chi connectivity index (χ0v) is 7.17. The van der Waals surface area contributed by atoms with E-state index in [1.165, 1.54) is 0 Å². The van der Waals surface area contributed by atoms with Gasteiger partial charge in [-0.15, -0.1) is 0 Å². The molecular weight excluding hydrogens is 186 g/mol. The van der Waals surface area contributed by atoms with Crippen molar-refractivity contribution in [2.45, 2.75) is 12.6 Å². The third-order valence-electron chi connectivity index (χ3n) is 2.11. The summed E-state index contributed by atoms with van der Waals surface area (Å²) in [5.41, 5.74) is 1.09. The van der Waals surface area contributed by atoms with Gasteiger partial charge in [0, 0.05) is 0 Å². The number of hydrogen-bond donors (Lipinski definition) is 0. The molecule has 0 radical (unpaired) electrons. The lowest BCUT2D eigenvalue weighted by atomic mass is 10.0. The number of carbonyl (C=O) groups excluding carboxylic acids is 1. The fraction of sp³-hybridized carbons (Fsp3) is 0.222. The van der Waals surface area contributed by atoms with Crippen LogP contribution in [0.1, 0.15) is 15.9 Å². The van der Waals surface area contributed by atoms with E-state index in [2.05, 4.69) is 4.74 Å². The molecule has 2 rings (SSSR count). The van der Waals surface area contributed by atoms with Crippen LogP contribution in [-0.4, -0.2) is 17.1 Å². The van der Waals surface area contributed by atoms with Crippen LogP contribution in [0.3, 0.4) is 0 Å². The summed E-state index contributed by atoms with van der Waals surface area (Å²) in [6.45, 7) is 0. The van der Waals surface area contributed by atoms with Gasteiger partial charge in [0.25, 0.3) is 0 Å². The molecule has 1 atom stereocenters. The lowest BCUT2D eigenvalue weighted by Gasteiger charge is -2.18. The molecule has 5 nitrogen and oxygen atoms in total. The van der Waals surface area contributed by atoms with Gasteiger partial charge in [-0.25, -0.2) is 4.79 Å². The standard InChI is InChI=1S/C9H7NO4/c11-9-7-4-2-1-3-6(7)5-8(14-9)10(12)13/h1-4,8H,5H2/t8-/m0/s1. The monoisotopic (exact) mass is 193 g/mol. The minimum atomic E-state index is -1.24. The van der Waals surface area contributed by atoms with Gasteiger partial charge in [-0.05, 0) is 11.6 Å². The Labute approximate surface area is 79.4 Å². The van der Waals surface area contributed by atoms with E-state index in [9.17, 15) is 14.9 Å². The van der Waals surface area contributed by atoms with Crippen molar-refractivity contribution < 1.29 is 14.5 Å². The summed E-state index contributed by atoms with van der Waals surface area (Å²) in [7, 11) is 0. The second-order valence-electron chi connectivity index (χ2n) is 3.01. The van der Waals surface area contributed by atoms with Gasteiger partial charge in [-0.1, -0.05) is 18.2 Å². The molecule has 1 aliphatic rings. The number of rotatable bonds is 1. The maximum atomic E-state index is 11.3. The van der Waals surface area contributed by atoms with E-state index in [4.69, 9.17) is 0 Å². The van der Waals surface area contributed by atoms with Crippen LogP contribution in [0.2, 0.25) is 0 Å². The van der Waals surface area contributed by atoms with Gasteiger partial charge >= 0.3 is 12.2 Å². The largest absolute Gasteiger partial charge is 0.394 e. The number of benzene rings is 1. The van der Waals surface area contributed by atoms with Crippen LogP contribution in [0.4, 0.5) is 0 Å². The summed E-state index contributed by atoms with van der Waals surface area (Å²) in [4.78, 5) is 21.1. The van der Waals surface area contributed by atoms with E-state index in [0.717, 1.165) is 0 Å². The van der Waals surface area contributed by atoms with E-state index >= 15 is 0 Å². The van der Waals surface area contributed by atoms with E-state index < -0.39 is 17.1 Å². The third kappa shape index (κ3) is 1.32. The number of nitrogens with zero attached hydrogens (tertiary/aromatic N) is 1. The lowest BCUT2D eigenvalue weighted by Crippen LogP contribution is -2.33. The Morgan fingerprint density at radius 1 is 1.43 bits per heavy atom. The molecule has 0 spiro atoms. The molecule has 0 aliphatic carbocycles. The molecule has 0 N–H and O–H groups in total. The predicted molar refractivity (Wildman–Crippen MR) is 46.3 cm³/mol. The second kappa shape index (κ2) is 3.10. The van der Waals surface area contributed by atoms with E-state index in [-0.39, 0.29) is 6.42 Å². The van der Waals surface area contributed by atoms with Gasteiger partial charge < -0.3 is 4.74 Å². The van der Waals surface area contributed by atoms with Crippen molar-refractivity contribution in [3.63, 3.8) is 0 Å². The molecule has 0 amide bonds. The normalized spacial score (nSPS) is 19.7. The van der Waals surface area contributed by atoms with Gasteiger partial charge in [0.1, 0.15) is 0 Å². The molecule has 0 unspecified atom stereocenters. The highest BCUT2D eigenvalue weighted by Gasteiger charge is 2.32. The minimum Gasteiger partial charge on any atom is -0.394 e. The summed E-state index contributed by atoms with van der Waals surface area (Å²) in [6.07, 6.45) is -1.09. The zero-order chi connectivity index (χ0) is 10.1. The van der Waals surface area contributed by atoms with Crippen molar-refractivity contribution in [2.75, 3.05) is 0 Å². The number of cyclic esters (lactones) is 1. The van der Waals surface area contributed by atoms with E-state index in [1.54, 1.807) is 24.3 Å². The summed E-state index contributed by atoms with van der Waals surface area (Å²) < 4.78 is 4.64. The van der Waals surface area contributed by atoms with Crippen LogP contribution in [0.5, 0.6) is 0 Å². The molecule has 1 aliphatic heterocycles. The number of esters is 1. The maximum Gasteiger partial charge on any atom is 0.360 e. The number of ether oxygens (including phenoxy) is 1. The fourth-order valence-electron chi connectivity index (χ4n) is 1.43. The molecule has 1 heterocycles. The van der Waals surface area contributed by atoms with E-state index in [1.807, 2.05) is 0 Å². The Kier molecular flexibility index (Phi) is 1.92. The topological polar surface area (TPSA) is 69.4 Å². The van der Waals surface area contributed by atoms with Gasteiger partial charge in [0.15, 0.2) is 0 Å². The van der Waals surface area contributed by atoms with Crippen molar-refractivity contribution >= 4 is 5.97 Å². The maximum absolute atomic E-state index is 11.3. The molecule has 0 aromatic heterocycles. The molecule has 0 saturated carbocycles. The average Bonchev–Trinajstić information content (AvgIpc) is 2.17. The van der Waals surface area contributed by atoms with Crippen LogP contribution < -0.4 is 0 Å². The predicted octanol–water partition coefficient (Wildman–Crippen LogP) is 1.00. The lowest BCUT2D eigenvalue weighted by molar-refractivity contribution is -0.567. The first-order valence-electron chi connectivity index (χ1n) is 4.11.